The van der Waals surface area contributed by atoms with Gasteiger partial charge in [0.1, 0.15) is 5.75 Å². The van der Waals surface area contributed by atoms with Crippen molar-refractivity contribution in [2.45, 2.75) is 104 Å². The first kappa shape index (κ1) is 39.9. The van der Waals surface area contributed by atoms with Crippen molar-refractivity contribution in [1.82, 2.24) is 4.90 Å². The van der Waals surface area contributed by atoms with E-state index >= 15 is 4.79 Å². The summed E-state index contributed by atoms with van der Waals surface area (Å²) in [5, 5.41) is 27.8. The summed E-state index contributed by atoms with van der Waals surface area (Å²) in [6.07, 6.45) is 15.5. The lowest BCUT2D eigenvalue weighted by molar-refractivity contribution is -0.176. The maximum atomic E-state index is 15.3. The van der Waals surface area contributed by atoms with Gasteiger partial charge < -0.3 is 25.2 Å². The Morgan fingerprint density at radius 2 is 1.48 bits per heavy atom. The van der Waals surface area contributed by atoms with Crippen molar-refractivity contribution in [3.63, 3.8) is 0 Å². The van der Waals surface area contributed by atoms with E-state index in [0.29, 0.717) is 42.5 Å². The quantitative estimate of drug-likeness (QED) is 0.148. The molecular formula is C53H64N2O5. The number of urea groups is 1. The predicted molar refractivity (Wildman–Crippen MR) is 236 cm³/mol. The zero-order chi connectivity index (χ0) is 41.9. The van der Waals surface area contributed by atoms with Crippen molar-refractivity contribution in [3.8, 4) is 16.9 Å². The highest BCUT2D eigenvalue weighted by Gasteiger charge is 2.74. The van der Waals surface area contributed by atoms with Crippen LogP contribution in [0.5, 0.6) is 5.75 Å². The minimum absolute atomic E-state index is 0.00160. The number of carbonyl (C=O) groups is 2. The van der Waals surface area contributed by atoms with Crippen LogP contribution >= 0.6 is 0 Å². The Morgan fingerprint density at radius 1 is 0.800 bits per heavy atom. The number of anilines is 1. The van der Waals surface area contributed by atoms with E-state index in [-0.39, 0.29) is 41.0 Å². The fraction of sp³-hybridized carbons (Fsp3) is 0.547. The van der Waals surface area contributed by atoms with E-state index in [1.54, 1.807) is 7.11 Å². The van der Waals surface area contributed by atoms with Crippen molar-refractivity contribution >= 4 is 17.5 Å². The van der Waals surface area contributed by atoms with Gasteiger partial charge in [0, 0.05) is 39.6 Å². The summed E-state index contributed by atoms with van der Waals surface area (Å²) < 4.78 is 5.39. The first-order valence-corrected chi connectivity index (χ1v) is 22.9. The summed E-state index contributed by atoms with van der Waals surface area (Å²) in [6, 6.07) is 25.7. The lowest BCUT2D eigenvalue weighted by atomic mass is 9.32. The number of ether oxygens (including phenoxy) is 1. The van der Waals surface area contributed by atoms with Crippen LogP contribution < -0.4 is 10.1 Å². The largest absolute Gasteiger partial charge is 0.497 e. The summed E-state index contributed by atoms with van der Waals surface area (Å²) in [5.74, 6) is 2.68. The van der Waals surface area contributed by atoms with Gasteiger partial charge in [0.25, 0.3) is 0 Å². The fourth-order valence-corrected chi connectivity index (χ4v) is 15.1. The number of rotatable bonds is 9. The molecule has 7 heteroatoms. The molecule has 60 heavy (non-hydrogen) atoms. The molecule has 3 aromatic carbocycles. The van der Waals surface area contributed by atoms with Crippen LogP contribution in [0.15, 0.2) is 103 Å². The minimum atomic E-state index is -1.16. The second-order valence-electron chi connectivity index (χ2n) is 21.3. The SMILES string of the molecule is COc1ccc(NC(=O)N(C[C@@H]2CC[C@H]3C[C@@H]2C3(C)C)C[C@]2(O)CC[C@H]3[C@]45C=C[C@@]6(C=C4C(=O)c4ccc(-c7ccccc7)cc4)CC(O)CC[C@]6(C)[C@H]5CC[C@@]32C)cc1. The third-order valence-electron chi connectivity index (χ3n) is 18.7. The number of methoxy groups -OCH3 is 1. The van der Waals surface area contributed by atoms with E-state index in [4.69, 9.17) is 4.74 Å². The number of Topliss-reactive ketones (excluding diaryl/α,β-unsaturated/α-hetero) is 1. The van der Waals surface area contributed by atoms with Crippen LogP contribution in [0, 0.1) is 56.7 Å². The molecule has 9 aliphatic rings. The van der Waals surface area contributed by atoms with Crippen LogP contribution in [0.25, 0.3) is 11.1 Å². The highest BCUT2D eigenvalue weighted by molar-refractivity contribution is 6.10. The number of hydrogen-bond donors (Lipinski definition) is 3. The van der Waals surface area contributed by atoms with E-state index < -0.39 is 27.9 Å². The van der Waals surface area contributed by atoms with E-state index in [0.717, 1.165) is 66.9 Å². The molecule has 0 aliphatic heterocycles. The Balaban J connectivity index is 1.01. The van der Waals surface area contributed by atoms with Gasteiger partial charge in [0.2, 0.25) is 0 Å². The first-order chi connectivity index (χ1) is 28.7. The molecule has 9 aliphatic carbocycles. The normalized spacial score (nSPS) is 39.0. The summed E-state index contributed by atoms with van der Waals surface area (Å²) in [7, 11) is 1.64. The minimum Gasteiger partial charge on any atom is -0.497 e. The van der Waals surface area contributed by atoms with Gasteiger partial charge in [-0.2, -0.15) is 0 Å². The molecule has 6 saturated carbocycles. The fourth-order valence-electron chi connectivity index (χ4n) is 15.1. The lowest BCUT2D eigenvalue weighted by Gasteiger charge is -2.71. The molecule has 1 unspecified atom stereocenters. The number of allylic oxidation sites excluding steroid dienone is 4. The molecule has 7 nitrogen and oxygen atoms in total. The summed E-state index contributed by atoms with van der Waals surface area (Å²) in [4.78, 5) is 31.8. The third kappa shape index (κ3) is 5.66. The van der Waals surface area contributed by atoms with E-state index in [1.165, 1.54) is 12.8 Å². The number of hydrogen-bond acceptors (Lipinski definition) is 5. The number of carbonyl (C=O) groups excluding carboxylic acids is 2. The average Bonchev–Trinajstić information content (AvgIpc) is 3.53. The van der Waals surface area contributed by atoms with E-state index in [2.05, 4.69) is 75.5 Å². The smallest absolute Gasteiger partial charge is 0.321 e. The summed E-state index contributed by atoms with van der Waals surface area (Å²) in [5.41, 5.74) is 1.88. The number of ketones is 1. The van der Waals surface area contributed by atoms with Gasteiger partial charge in [-0.05, 0) is 140 Å². The van der Waals surface area contributed by atoms with Gasteiger partial charge in [0.15, 0.2) is 5.78 Å². The van der Waals surface area contributed by atoms with E-state index in [1.807, 2.05) is 59.5 Å². The molecule has 3 N–H and O–H groups in total. The monoisotopic (exact) mass is 808 g/mol. The van der Waals surface area contributed by atoms with E-state index in [9.17, 15) is 15.0 Å². The standard InChI is InChI=1S/C53H64N2O5/c1-48(2)38-16-15-37(42(48)29-38)32-55(47(58)54-39-17-19-41(60-5)20-18-39)33-52(59)26-23-45-50(52,4)25-22-44-49(3)24-21-40(56)30-51(49)27-28-53(44,45)43(31-51)46(57)36-13-11-35(12-14-36)34-9-7-6-8-10-34/h6-14,17-20,27-28,31,37-38,40,42,44-45,56,59H,15-16,21-26,29-30,32-33H2,1-5H3,(H,54,58)/t37-,38-,40?,42-,44+,45+,49+,50-,51-,52+,53+/m0/s1. The molecule has 12 rings (SSSR count). The van der Waals surface area contributed by atoms with Crippen molar-refractivity contribution in [1.29, 1.82) is 0 Å². The highest BCUT2D eigenvalue weighted by atomic mass is 16.5. The number of aliphatic hydroxyl groups is 2. The molecule has 4 bridgehead atoms. The van der Waals surface area contributed by atoms with Gasteiger partial charge in [0.05, 0.1) is 25.4 Å². The first-order valence-electron chi connectivity index (χ1n) is 22.9. The van der Waals surface area contributed by atoms with Crippen LogP contribution in [0.3, 0.4) is 0 Å². The molecule has 316 valence electrons. The number of nitrogens with zero attached hydrogens (tertiary/aromatic N) is 1. The molecule has 11 atom stereocenters. The molecular weight excluding hydrogens is 745 g/mol. The van der Waals surface area contributed by atoms with Gasteiger partial charge in [-0.25, -0.2) is 4.79 Å². The van der Waals surface area contributed by atoms with Crippen molar-refractivity contribution in [2.75, 3.05) is 25.5 Å². The third-order valence-corrected chi connectivity index (χ3v) is 18.7. The zero-order valence-corrected chi connectivity index (χ0v) is 36.3. The van der Waals surface area contributed by atoms with Gasteiger partial charge in [-0.15, -0.1) is 0 Å². The number of nitrogens with one attached hydrogen (secondary N) is 1. The predicted octanol–water partition coefficient (Wildman–Crippen LogP) is 10.7. The number of amides is 2. The second-order valence-corrected chi connectivity index (χ2v) is 21.3. The van der Waals surface area contributed by atoms with Crippen LogP contribution in [0.1, 0.15) is 102 Å². The maximum absolute atomic E-state index is 15.3. The molecule has 0 aromatic heterocycles. The summed E-state index contributed by atoms with van der Waals surface area (Å²) >= 11 is 0. The summed E-state index contributed by atoms with van der Waals surface area (Å²) in [6.45, 7) is 10.4. The molecule has 2 spiro atoms. The maximum Gasteiger partial charge on any atom is 0.321 e. The Morgan fingerprint density at radius 3 is 2.18 bits per heavy atom. The number of fused-ring (bicyclic) bond motifs is 3. The van der Waals surface area contributed by atoms with Crippen molar-refractivity contribution < 1.29 is 24.5 Å². The van der Waals surface area contributed by atoms with Crippen molar-refractivity contribution in [2.24, 2.45) is 56.7 Å². The van der Waals surface area contributed by atoms with Crippen LogP contribution in [-0.2, 0) is 0 Å². The van der Waals surface area contributed by atoms with Gasteiger partial charge >= 0.3 is 6.03 Å². The molecule has 6 fully saturated rings. The van der Waals surface area contributed by atoms with Gasteiger partial charge in [-0.1, -0.05) is 101 Å². The molecule has 0 heterocycles. The molecule has 3 aromatic rings. The van der Waals surface area contributed by atoms with Crippen LogP contribution in [0.2, 0.25) is 0 Å². The van der Waals surface area contributed by atoms with Gasteiger partial charge in [-0.3, -0.25) is 4.79 Å². The number of aliphatic hydroxyl groups excluding tert-OH is 1. The average molecular weight is 809 g/mol. The molecule has 0 saturated heterocycles. The van der Waals surface area contributed by atoms with Crippen LogP contribution in [-0.4, -0.2) is 58.8 Å². The Bertz CT molecular complexity index is 2230. The lowest BCUT2D eigenvalue weighted by Crippen LogP contribution is -2.67. The molecule has 2 amide bonds. The topological polar surface area (TPSA) is 99.1 Å². The highest BCUT2D eigenvalue weighted by Crippen LogP contribution is 2.78. The Hall–Kier alpha value is -4.20. The Kier molecular flexibility index (Phi) is 9.25. The van der Waals surface area contributed by atoms with Crippen molar-refractivity contribution in [3.05, 3.63) is 108 Å². The Labute approximate surface area is 356 Å². The van der Waals surface area contributed by atoms with Crippen LogP contribution in [0.4, 0.5) is 10.5 Å². The zero-order valence-electron chi connectivity index (χ0n) is 36.3. The molecule has 0 radical (unpaired) electrons. The second kappa shape index (κ2) is 13.9. The number of benzene rings is 3.